The Balaban J connectivity index is 3.38. The third kappa shape index (κ3) is 5.43. The van der Waals surface area contributed by atoms with E-state index in [4.69, 9.17) is 5.73 Å². The summed E-state index contributed by atoms with van der Waals surface area (Å²) in [6, 6.07) is -0.158. The molecule has 0 radical (unpaired) electrons. The van der Waals surface area contributed by atoms with Gasteiger partial charge in [0.05, 0.1) is 6.04 Å². The van der Waals surface area contributed by atoms with Gasteiger partial charge < -0.3 is 11.1 Å². The van der Waals surface area contributed by atoms with Gasteiger partial charge in [0.1, 0.15) is 0 Å². The number of carbonyl (C=O) groups is 1. The van der Waals surface area contributed by atoms with E-state index in [1.807, 2.05) is 11.8 Å². The minimum absolute atomic E-state index is 0.158. The van der Waals surface area contributed by atoms with Gasteiger partial charge >= 0.3 is 0 Å². The Bertz CT molecular complexity index is 130. The molecule has 0 spiro atoms. The zero-order valence-corrected chi connectivity index (χ0v) is 8.62. The molecule has 0 aliphatic heterocycles. The summed E-state index contributed by atoms with van der Waals surface area (Å²) < 4.78 is 0. The van der Waals surface area contributed by atoms with Crippen molar-refractivity contribution >= 4 is 17.7 Å². The zero-order valence-electron chi connectivity index (χ0n) is 7.80. The third-order valence-corrected chi connectivity index (χ3v) is 2.81. The molecule has 0 saturated carbocycles. The number of primary amides is 1. The van der Waals surface area contributed by atoms with Crippen molar-refractivity contribution in [2.75, 3.05) is 18.6 Å². The summed E-state index contributed by atoms with van der Waals surface area (Å²) in [5.41, 5.74) is 5.15. The average Bonchev–Trinajstić information content (AvgIpc) is 2.04. The molecule has 0 aliphatic rings. The van der Waals surface area contributed by atoms with Crippen molar-refractivity contribution in [2.45, 2.75) is 25.8 Å². The van der Waals surface area contributed by atoms with Gasteiger partial charge in [0.15, 0.2) is 0 Å². The van der Waals surface area contributed by atoms with Crippen molar-refractivity contribution in [3.05, 3.63) is 0 Å². The monoisotopic (exact) mass is 190 g/mol. The van der Waals surface area contributed by atoms with Crippen molar-refractivity contribution in [3.63, 3.8) is 0 Å². The highest BCUT2D eigenvalue weighted by Gasteiger charge is 2.10. The normalized spacial score (nSPS) is 12.8. The van der Waals surface area contributed by atoms with Crippen LogP contribution in [-0.4, -0.2) is 30.5 Å². The second kappa shape index (κ2) is 7.43. The highest BCUT2D eigenvalue weighted by Crippen LogP contribution is 2.05. The van der Waals surface area contributed by atoms with Crippen LogP contribution < -0.4 is 11.1 Å². The highest BCUT2D eigenvalue weighted by atomic mass is 32.2. The number of nitrogens with one attached hydrogen (secondary N) is 1. The first kappa shape index (κ1) is 11.8. The van der Waals surface area contributed by atoms with Gasteiger partial charge in [-0.2, -0.15) is 11.8 Å². The molecule has 0 aromatic heterocycles. The molecule has 0 unspecified atom stereocenters. The number of likely N-dealkylation sites (N-methyl/N-ethyl adjacent to an activating group) is 1. The van der Waals surface area contributed by atoms with Crippen molar-refractivity contribution in [3.8, 4) is 0 Å². The van der Waals surface area contributed by atoms with E-state index in [2.05, 4.69) is 12.2 Å². The number of thioether (sulfide) groups is 1. The summed E-state index contributed by atoms with van der Waals surface area (Å²) in [6.45, 7) is 2.15. The molecule has 1 amide bonds. The predicted octanol–water partition coefficient (Wildman–Crippen LogP) is 0.593. The van der Waals surface area contributed by atoms with E-state index in [1.165, 1.54) is 6.42 Å². The van der Waals surface area contributed by atoms with Crippen molar-refractivity contribution < 1.29 is 4.79 Å². The van der Waals surface area contributed by atoms with E-state index in [0.29, 0.717) is 0 Å². The summed E-state index contributed by atoms with van der Waals surface area (Å²) >= 11 is 1.87. The van der Waals surface area contributed by atoms with Crippen LogP contribution in [0.3, 0.4) is 0 Å². The van der Waals surface area contributed by atoms with E-state index in [0.717, 1.165) is 17.9 Å². The molecule has 0 aliphatic carbocycles. The SMILES string of the molecule is CCCSCC[C@@H](NC)C(N)=O. The molecular weight excluding hydrogens is 172 g/mol. The molecule has 0 bridgehead atoms. The molecule has 0 saturated heterocycles. The molecule has 4 heteroatoms. The fourth-order valence-electron chi connectivity index (χ4n) is 0.876. The van der Waals surface area contributed by atoms with Gasteiger partial charge in [-0.3, -0.25) is 4.79 Å². The Morgan fingerprint density at radius 3 is 2.67 bits per heavy atom. The number of amides is 1. The van der Waals surface area contributed by atoms with Crippen LogP contribution in [0.4, 0.5) is 0 Å². The number of hydrogen-bond acceptors (Lipinski definition) is 3. The predicted molar refractivity (Wildman–Crippen MR) is 54.3 cm³/mol. The van der Waals surface area contributed by atoms with Crippen LogP contribution in [0.15, 0.2) is 0 Å². The summed E-state index contributed by atoms with van der Waals surface area (Å²) in [4.78, 5) is 10.7. The molecule has 1 atom stereocenters. The van der Waals surface area contributed by atoms with Gasteiger partial charge in [-0.15, -0.1) is 0 Å². The van der Waals surface area contributed by atoms with Crippen LogP contribution in [-0.2, 0) is 4.79 Å². The largest absolute Gasteiger partial charge is 0.368 e. The minimum atomic E-state index is -0.255. The summed E-state index contributed by atoms with van der Waals surface area (Å²) in [5, 5.41) is 2.89. The van der Waals surface area contributed by atoms with Crippen LogP contribution in [0.1, 0.15) is 19.8 Å². The highest BCUT2D eigenvalue weighted by molar-refractivity contribution is 7.99. The van der Waals surface area contributed by atoms with Crippen LogP contribution in [0.25, 0.3) is 0 Å². The van der Waals surface area contributed by atoms with E-state index in [-0.39, 0.29) is 11.9 Å². The molecule has 3 N–H and O–H groups in total. The van der Waals surface area contributed by atoms with Crippen LogP contribution in [0, 0.1) is 0 Å². The molecule has 0 fully saturated rings. The van der Waals surface area contributed by atoms with Crippen LogP contribution in [0.5, 0.6) is 0 Å². The maximum atomic E-state index is 10.7. The summed E-state index contributed by atoms with van der Waals surface area (Å²) in [7, 11) is 1.76. The molecule has 0 aromatic carbocycles. The molecular formula is C8H18N2OS. The summed E-state index contributed by atoms with van der Waals surface area (Å²) in [5.74, 6) is 1.91. The van der Waals surface area contributed by atoms with Crippen LogP contribution in [0.2, 0.25) is 0 Å². The molecule has 0 aromatic rings. The maximum Gasteiger partial charge on any atom is 0.234 e. The van der Waals surface area contributed by atoms with E-state index >= 15 is 0 Å². The average molecular weight is 190 g/mol. The van der Waals surface area contributed by atoms with E-state index < -0.39 is 0 Å². The molecule has 0 rings (SSSR count). The van der Waals surface area contributed by atoms with Crippen molar-refractivity contribution in [2.24, 2.45) is 5.73 Å². The number of rotatable bonds is 7. The quantitative estimate of drug-likeness (QED) is 0.578. The van der Waals surface area contributed by atoms with Gasteiger partial charge in [0.25, 0.3) is 0 Å². The summed E-state index contributed by atoms with van der Waals surface area (Å²) in [6.07, 6.45) is 2.02. The Morgan fingerprint density at radius 2 is 2.25 bits per heavy atom. The molecule has 0 heterocycles. The first-order chi connectivity index (χ1) is 5.72. The second-order valence-electron chi connectivity index (χ2n) is 2.64. The van der Waals surface area contributed by atoms with E-state index in [1.54, 1.807) is 7.05 Å². The van der Waals surface area contributed by atoms with Gasteiger partial charge in [0, 0.05) is 0 Å². The Hall–Kier alpha value is -0.220. The topological polar surface area (TPSA) is 55.1 Å². The van der Waals surface area contributed by atoms with Gasteiger partial charge in [-0.1, -0.05) is 6.92 Å². The van der Waals surface area contributed by atoms with Gasteiger partial charge in [-0.25, -0.2) is 0 Å². The van der Waals surface area contributed by atoms with Crippen LogP contribution >= 0.6 is 11.8 Å². The molecule has 12 heavy (non-hydrogen) atoms. The number of nitrogens with two attached hydrogens (primary N) is 1. The lowest BCUT2D eigenvalue weighted by atomic mass is 10.2. The Morgan fingerprint density at radius 1 is 1.58 bits per heavy atom. The second-order valence-corrected chi connectivity index (χ2v) is 3.87. The first-order valence-electron chi connectivity index (χ1n) is 4.26. The van der Waals surface area contributed by atoms with Crippen molar-refractivity contribution in [1.29, 1.82) is 0 Å². The van der Waals surface area contributed by atoms with Gasteiger partial charge in [-0.05, 0) is 31.4 Å². The molecule has 72 valence electrons. The lowest BCUT2D eigenvalue weighted by Gasteiger charge is -2.10. The molecule has 3 nitrogen and oxygen atoms in total. The standard InChI is InChI=1S/C8H18N2OS/c1-3-5-12-6-4-7(10-2)8(9)11/h7,10H,3-6H2,1-2H3,(H2,9,11)/t7-/m1/s1. The smallest absolute Gasteiger partial charge is 0.234 e. The third-order valence-electron chi connectivity index (χ3n) is 1.59. The lowest BCUT2D eigenvalue weighted by molar-refractivity contribution is -0.119. The number of hydrogen-bond donors (Lipinski definition) is 2. The fourth-order valence-corrected chi connectivity index (χ4v) is 1.77. The fraction of sp³-hybridized carbons (Fsp3) is 0.875. The zero-order chi connectivity index (χ0) is 9.40. The Labute approximate surface area is 78.5 Å². The van der Waals surface area contributed by atoms with E-state index in [9.17, 15) is 4.79 Å². The lowest BCUT2D eigenvalue weighted by Crippen LogP contribution is -2.39. The maximum absolute atomic E-state index is 10.7. The first-order valence-corrected chi connectivity index (χ1v) is 5.42. The van der Waals surface area contributed by atoms with Gasteiger partial charge in [0.2, 0.25) is 5.91 Å². The van der Waals surface area contributed by atoms with Crippen molar-refractivity contribution in [1.82, 2.24) is 5.32 Å². The number of carbonyl (C=O) groups excluding carboxylic acids is 1. The minimum Gasteiger partial charge on any atom is -0.368 e. The Kier molecular flexibility index (Phi) is 7.29.